The highest BCUT2D eigenvalue weighted by Gasteiger charge is 2.34. The Hall–Kier alpha value is -6.84. The minimum Gasteiger partial charge on any atom is -0.309 e. The Morgan fingerprint density at radius 3 is 1.53 bits per heavy atom. The number of nitrogens with zero attached hydrogens (tertiary/aromatic N) is 3. The predicted molar refractivity (Wildman–Crippen MR) is 216 cm³/mol. The Kier molecular flexibility index (Phi) is 5.96. The molecule has 0 spiro atoms. The Labute approximate surface area is 295 Å². The van der Waals surface area contributed by atoms with E-state index in [9.17, 15) is 0 Å². The molecule has 2 heterocycles. The maximum atomic E-state index is 2.51. The summed E-state index contributed by atoms with van der Waals surface area (Å²) in [6.07, 6.45) is 0. The van der Waals surface area contributed by atoms with Gasteiger partial charge in [-0.15, -0.1) is 0 Å². The van der Waals surface area contributed by atoms with E-state index >= 15 is 0 Å². The number of benzene rings is 9. The fourth-order valence-electron chi connectivity index (χ4n) is 8.44. The predicted octanol–water partition coefficient (Wildman–Crippen LogP) is 13.5. The molecule has 0 saturated carbocycles. The van der Waals surface area contributed by atoms with Gasteiger partial charge in [0.25, 0.3) is 0 Å². The third kappa shape index (κ3) is 4.06. The number of para-hydroxylation sites is 2. The summed E-state index contributed by atoms with van der Waals surface area (Å²) in [6, 6.07) is 68.6. The van der Waals surface area contributed by atoms with Gasteiger partial charge in [-0.05, 0) is 70.8 Å². The number of anilines is 6. The average molecular weight is 650 g/mol. The van der Waals surface area contributed by atoms with Gasteiger partial charge in [-0.3, -0.25) is 0 Å². The van der Waals surface area contributed by atoms with E-state index in [0.717, 1.165) is 22.7 Å². The number of fused-ring (bicyclic) bond motifs is 10. The van der Waals surface area contributed by atoms with E-state index in [0.29, 0.717) is 0 Å². The van der Waals surface area contributed by atoms with E-state index in [1.807, 2.05) is 0 Å². The van der Waals surface area contributed by atoms with Gasteiger partial charge < -0.3 is 14.4 Å². The van der Waals surface area contributed by atoms with E-state index < -0.39 is 0 Å². The van der Waals surface area contributed by atoms with E-state index in [1.54, 1.807) is 0 Å². The SMILES string of the molecule is c1ccc(-n2c3ccccc3c3cc(N4c5ccc6ccccc6c5N(c5cccc6ccccc56)c5ccc6ccccc6c54)ccc32)cc1. The summed E-state index contributed by atoms with van der Waals surface area (Å²) in [4.78, 5) is 5.02. The van der Waals surface area contributed by atoms with Crippen LogP contribution in [0.25, 0.3) is 59.8 Å². The second-order valence-electron chi connectivity index (χ2n) is 13.4. The van der Waals surface area contributed by atoms with Crippen LogP contribution in [0.2, 0.25) is 0 Å². The van der Waals surface area contributed by atoms with Crippen LogP contribution in [0.15, 0.2) is 188 Å². The lowest BCUT2D eigenvalue weighted by molar-refractivity contribution is 1.17. The molecule has 9 aromatic carbocycles. The highest BCUT2D eigenvalue weighted by atomic mass is 15.3. The lowest BCUT2D eigenvalue weighted by Crippen LogP contribution is -2.24. The number of hydrogen-bond donors (Lipinski definition) is 0. The van der Waals surface area contributed by atoms with Crippen molar-refractivity contribution in [3.8, 4) is 5.69 Å². The van der Waals surface area contributed by atoms with Crippen molar-refractivity contribution in [3.05, 3.63) is 188 Å². The first-order chi connectivity index (χ1) is 25.3. The summed E-state index contributed by atoms with van der Waals surface area (Å²) in [5, 5.41) is 9.77. The zero-order valence-corrected chi connectivity index (χ0v) is 27.7. The molecule has 0 saturated heterocycles. The first-order valence-electron chi connectivity index (χ1n) is 17.5. The molecule has 3 heteroatoms. The largest absolute Gasteiger partial charge is 0.309 e. The van der Waals surface area contributed by atoms with Gasteiger partial charge >= 0.3 is 0 Å². The van der Waals surface area contributed by atoms with Crippen LogP contribution in [-0.2, 0) is 0 Å². The van der Waals surface area contributed by atoms with Crippen LogP contribution in [0.4, 0.5) is 34.1 Å². The molecule has 1 aromatic heterocycles. The topological polar surface area (TPSA) is 11.4 Å². The molecule has 1 aliphatic rings. The van der Waals surface area contributed by atoms with Gasteiger partial charge in [0.15, 0.2) is 0 Å². The quantitative estimate of drug-likeness (QED) is 0.189. The molecule has 11 rings (SSSR count). The minimum atomic E-state index is 1.13. The molecule has 51 heavy (non-hydrogen) atoms. The van der Waals surface area contributed by atoms with Crippen LogP contribution in [0, 0.1) is 0 Å². The van der Waals surface area contributed by atoms with Crippen LogP contribution in [0.5, 0.6) is 0 Å². The second kappa shape index (κ2) is 10.8. The molecule has 0 aliphatic carbocycles. The van der Waals surface area contributed by atoms with Gasteiger partial charge in [0.2, 0.25) is 0 Å². The molecule has 0 atom stereocenters. The van der Waals surface area contributed by atoms with Gasteiger partial charge in [-0.25, -0.2) is 0 Å². The Morgan fingerprint density at radius 2 is 0.804 bits per heavy atom. The van der Waals surface area contributed by atoms with Gasteiger partial charge in [-0.2, -0.15) is 0 Å². The Balaban J connectivity index is 1.26. The normalized spacial score (nSPS) is 12.6. The van der Waals surface area contributed by atoms with Gasteiger partial charge in [0.05, 0.1) is 39.5 Å². The van der Waals surface area contributed by atoms with Crippen molar-refractivity contribution in [2.75, 3.05) is 9.80 Å². The van der Waals surface area contributed by atoms with Crippen molar-refractivity contribution in [2.24, 2.45) is 0 Å². The van der Waals surface area contributed by atoms with E-state index in [4.69, 9.17) is 0 Å². The smallest absolute Gasteiger partial charge is 0.0782 e. The first-order valence-corrected chi connectivity index (χ1v) is 17.5. The lowest BCUT2D eigenvalue weighted by Gasteiger charge is -2.42. The van der Waals surface area contributed by atoms with Gasteiger partial charge in [-0.1, -0.05) is 133 Å². The summed E-state index contributed by atoms with van der Waals surface area (Å²) < 4.78 is 2.39. The summed E-state index contributed by atoms with van der Waals surface area (Å²) >= 11 is 0. The third-order valence-corrected chi connectivity index (χ3v) is 10.6. The molecule has 0 bridgehead atoms. The molecule has 0 N–H and O–H groups in total. The Bertz CT molecular complexity index is 2990. The van der Waals surface area contributed by atoms with Crippen molar-refractivity contribution in [2.45, 2.75) is 0 Å². The molecule has 0 radical (unpaired) electrons. The first kappa shape index (κ1) is 28.0. The number of rotatable bonds is 3. The van der Waals surface area contributed by atoms with Crippen molar-refractivity contribution in [3.63, 3.8) is 0 Å². The van der Waals surface area contributed by atoms with Crippen molar-refractivity contribution in [1.29, 1.82) is 0 Å². The molecule has 0 fully saturated rings. The van der Waals surface area contributed by atoms with Crippen LogP contribution < -0.4 is 9.80 Å². The zero-order chi connectivity index (χ0) is 33.5. The fraction of sp³-hybridized carbons (Fsp3) is 0. The fourth-order valence-corrected chi connectivity index (χ4v) is 8.44. The minimum absolute atomic E-state index is 1.13. The summed E-state index contributed by atoms with van der Waals surface area (Å²) in [7, 11) is 0. The summed E-state index contributed by atoms with van der Waals surface area (Å²) in [6.45, 7) is 0. The van der Waals surface area contributed by atoms with Crippen LogP contribution in [0.3, 0.4) is 0 Å². The van der Waals surface area contributed by atoms with Gasteiger partial charge in [0.1, 0.15) is 0 Å². The highest BCUT2D eigenvalue weighted by molar-refractivity contribution is 6.19. The maximum Gasteiger partial charge on any atom is 0.0782 e. The van der Waals surface area contributed by atoms with E-state index in [-0.39, 0.29) is 0 Å². The lowest BCUT2D eigenvalue weighted by atomic mass is 9.95. The van der Waals surface area contributed by atoms with Crippen LogP contribution in [-0.4, -0.2) is 4.57 Å². The standard InChI is InChI=1S/C48H31N3/c1-2-17-35(18-3-1)49-43-23-11-10-22-40(43)41-31-36(27-30-44(41)49)50-45-28-25-34-15-6-9-21-39(34)48(45)51(42-24-12-16-32-13-4-7-19-37(32)42)46-29-26-33-14-5-8-20-38(33)47(46)50/h1-31H. The van der Waals surface area contributed by atoms with Crippen LogP contribution in [0.1, 0.15) is 0 Å². The molecular weight excluding hydrogens is 619 g/mol. The van der Waals surface area contributed by atoms with Crippen molar-refractivity contribution >= 4 is 88.2 Å². The van der Waals surface area contributed by atoms with Gasteiger partial charge in [0, 0.05) is 38.3 Å². The number of hydrogen-bond acceptors (Lipinski definition) is 2. The van der Waals surface area contributed by atoms with Crippen LogP contribution >= 0.6 is 0 Å². The average Bonchev–Trinajstić information content (AvgIpc) is 3.53. The molecule has 0 amide bonds. The molecule has 3 nitrogen and oxygen atoms in total. The molecule has 1 aliphatic heterocycles. The number of aromatic nitrogens is 1. The Morgan fingerprint density at radius 1 is 0.275 bits per heavy atom. The zero-order valence-electron chi connectivity index (χ0n) is 27.7. The molecule has 238 valence electrons. The second-order valence-corrected chi connectivity index (χ2v) is 13.4. The molecule has 10 aromatic rings. The third-order valence-electron chi connectivity index (χ3n) is 10.6. The van der Waals surface area contributed by atoms with E-state index in [2.05, 4.69) is 202 Å². The molecular formula is C48H31N3. The van der Waals surface area contributed by atoms with Crippen molar-refractivity contribution in [1.82, 2.24) is 4.57 Å². The highest BCUT2D eigenvalue weighted by Crippen LogP contribution is 2.59. The summed E-state index contributed by atoms with van der Waals surface area (Å²) in [5.74, 6) is 0. The summed E-state index contributed by atoms with van der Waals surface area (Å²) in [5.41, 5.74) is 10.5. The maximum absolute atomic E-state index is 2.51. The van der Waals surface area contributed by atoms with Crippen molar-refractivity contribution < 1.29 is 0 Å². The van der Waals surface area contributed by atoms with E-state index in [1.165, 1.54) is 71.2 Å². The monoisotopic (exact) mass is 649 g/mol. The molecule has 0 unspecified atom stereocenters.